The molecular formula is C26H18BrF3IN5O4S. The predicted octanol–water partition coefficient (Wildman–Crippen LogP) is 7.45. The van der Waals surface area contributed by atoms with E-state index in [4.69, 9.17) is 4.74 Å². The number of ether oxygens (including phenoxy) is 1. The van der Waals surface area contributed by atoms with E-state index in [0.29, 0.717) is 32.2 Å². The number of non-ortho nitro benzene ring substituents is 1. The first-order chi connectivity index (χ1) is 19.5. The third-order valence-electron chi connectivity index (χ3n) is 5.26. The Bertz CT molecular complexity index is 1590. The molecule has 9 nitrogen and oxygen atoms in total. The average Bonchev–Trinajstić information content (AvgIpc) is 3.34. The predicted molar refractivity (Wildman–Crippen MR) is 161 cm³/mol. The van der Waals surface area contributed by atoms with Gasteiger partial charge in [0.1, 0.15) is 12.4 Å². The van der Waals surface area contributed by atoms with E-state index >= 15 is 0 Å². The molecule has 0 bridgehead atoms. The highest BCUT2D eigenvalue weighted by atomic mass is 127. The Labute approximate surface area is 257 Å². The second-order valence-electron chi connectivity index (χ2n) is 8.35. The van der Waals surface area contributed by atoms with Gasteiger partial charge in [0.15, 0.2) is 5.13 Å². The van der Waals surface area contributed by atoms with Gasteiger partial charge in [0.2, 0.25) is 5.91 Å². The molecule has 0 fully saturated rings. The van der Waals surface area contributed by atoms with Crippen LogP contribution in [0.5, 0.6) is 5.75 Å². The lowest BCUT2D eigenvalue weighted by Crippen LogP contribution is -2.20. The molecule has 212 valence electrons. The van der Waals surface area contributed by atoms with Gasteiger partial charge in [0.05, 0.1) is 36.9 Å². The molecule has 0 radical (unpaired) electrons. The highest BCUT2D eigenvalue weighted by molar-refractivity contribution is 14.1. The third kappa shape index (κ3) is 8.71. The molecule has 0 saturated heterocycles. The fourth-order valence-electron chi connectivity index (χ4n) is 3.43. The van der Waals surface area contributed by atoms with Gasteiger partial charge in [-0.25, -0.2) is 10.4 Å². The number of hydrazone groups is 1. The molecule has 1 heterocycles. The van der Waals surface area contributed by atoms with Crippen molar-refractivity contribution in [2.24, 2.45) is 5.10 Å². The minimum absolute atomic E-state index is 0.0181. The summed E-state index contributed by atoms with van der Waals surface area (Å²) in [4.78, 5) is 27.1. The first kappa shape index (κ1) is 30.4. The van der Waals surface area contributed by atoms with Crippen LogP contribution in [-0.2, 0) is 24.0 Å². The van der Waals surface area contributed by atoms with Crippen LogP contribution in [0.3, 0.4) is 0 Å². The SMILES string of the molecule is O=C(Cc1csc(Nc2cccc(C(F)(F)F)c2)n1)N/N=C\c1cc(Br)c(OCc2cccc([N+](=O)[O-])c2)c(I)c1. The van der Waals surface area contributed by atoms with E-state index in [1.54, 1.807) is 29.6 Å². The number of rotatable bonds is 10. The maximum atomic E-state index is 12.9. The van der Waals surface area contributed by atoms with Crippen LogP contribution >= 0.6 is 49.9 Å². The largest absolute Gasteiger partial charge is 0.487 e. The molecule has 0 saturated carbocycles. The number of alkyl halides is 3. The normalized spacial score (nSPS) is 11.4. The van der Waals surface area contributed by atoms with E-state index in [-0.39, 0.29) is 24.4 Å². The van der Waals surface area contributed by atoms with Crippen LogP contribution in [0.15, 0.2) is 75.6 Å². The van der Waals surface area contributed by atoms with Crippen molar-refractivity contribution in [3.63, 3.8) is 0 Å². The van der Waals surface area contributed by atoms with E-state index < -0.39 is 22.6 Å². The van der Waals surface area contributed by atoms with Gasteiger partial charge < -0.3 is 10.1 Å². The first-order valence-electron chi connectivity index (χ1n) is 11.5. The molecule has 0 spiro atoms. The molecule has 41 heavy (non-hydrogen) atoms. The van der Waals surface area contributed by atoms with E-state index in [1.807, 2.05) is 0 Å². The minimum atomic E-state index is -4.45. The van der Waals surface area contributed by atoms with Crippen LogP contribution in [0.2, 0.25) is 0 Å². The molecule has 1 aromatic heterocycles. The maximum absolute atomic E-state index is 12.9. The number of nitrogens with one attached hydrogen (secondary N) is 2. The van der Waals surface area contributed by atoms with Gasteiger partial charge in [-0.2, -0.15) is 18.3 Å². The zero-order chi connectivity index (χ0) is 29.6. The summed E-state index contributed by atoms with van der Waals surface area (Å²) < 4.78 is 46.0. The fourth-order valence-corrected chi connectivity index (χ4v) is 5.93. The molecule has 4 rings (SSSR count). The third-order valence-corrected chi connectivity index (χ3v) is 7.46. The van der Waals surface area contributed by atoms with Crippen LogP contribution < -0.4 is 15.5 Å². The summed E-state index contributed by atoms with van der Waals surface area (Å²) in [5.41, 5.74) is 3.61. The van der Waals surface area contributed by atoms with Crippen molar-refractivity contribution in [1.29, 1.82) is 0 Å². The summed E-state index contributed by atoms with van der Waals surface area (Å²) in [5.74, 6) is 0.124. The Morgan fingerprint density at radius 3 is 2.71 bits per heavy atom. The average molecular weight is 760 g/mol. The van der Waals surface area contributed by atoms with Crippen LogP contribution in [0.4, 0.5) is 29.7 Å². The second-order valence-corrected chi connectivity index (χ2v) is 11.2. The lowest BCUT2D eigenvalue weighted by atomic mass is 10.2. The number of hydrogen-bond donors (Lipinski definition) is 2. The summed E-state index contributed by atoms with van der Waals surface area (Å²) in [6, 6.07) is 14.5. The topological polar surface area (TPSA) is 119 Å². The van der Waals surface area contributed by atoms with Crippen molar-refractivity contribution in [3.8, 4) is 5.75 Å². The summed E-state index contributed by atoms with van der Waals surface area (Å²) in [6.07, 6.45) is -3.08. The molecule has 2 N–H and O–H groups in total. The minimum Gasteiger partial charge on any atom is -0.487 e. The Hall–Kier alpha value is -3.57. The van der Waals surface area contributed by atoms with Gasteiger partial charge in [0, 0.05) is 23.2 Å². The fraction of sp³-hybridized carbons (Fsp3) is 0.115. The number of anilines is 2. The highest BCUT2D eigenvalue weighted by Crippen LogP contribution is 2.33. The molecule has 0 unspecified atom stereocenters. The van der Waals surface area contributed by atoms with Crippen molar-refractivity contribution < 1.29 is 27.6 Å². The number of thiazole rings is 1. The van der Waals surface area contributed by atoms with Gasteiger partial charge in [-0.15, -0.1) is 11.3 Å². The quantitative estimate of drug-likeness (QED) is 0.0751. The van der Waals surface area contributed by atoms with Crippen LogP contribution in [0.1, 0.15) is 22.4 Å². The van der Waals surface area contributed by atoms with E-state index in [0.717, 1.165) is 27.0 Å². The first-order valence-corrected chi connectivity index (χ1v) is 14.3. The smallest absolute Gasteiger partial charge is 0.416 e. The number of halogens is 5. The van der Waals surface area contributed by atoms with Crippen molar-refractivity contribution in [1.82, 2.24) is 10.4 Å². The molecule has 3 aromatic carbocycles. The Morgan fingerprint density at radius 1 is 1.20 bits per heavy atom. The van der Waals surface area contributed by atoms with Gasteiger partial charge >= 0.3 is 6.18 Å². The lowest BCUT2D eigenvalue weighted by molar-refractivity contribution is -0.384. The number of aromatic nitrogens is 1. The Morgan fingerprint density at radius 2 is 1.98 bits per heavy atom. The van der Waals surface area contributed by atoms with Crippen molar-refractivity contribution in [2.75, 3.05) is 5.32 Å². The zero-order valence-corrected chi connectivity index (χ0v) is 25.2. The monoisotopic (exact) mass is 759 g/mol. The number of carbonyl (C=O) groups is 1. The molecule has 4 aromatic rings. The molecule has 0 aliphatic heterocycles. The van der Waals surface area contributed by atoms with Gasteiger partial charge in [-0.05, 0) is 80.0 Å². The van der Waals surface area contributed by atoms with Gasteiger partial charge in [-0.3, -0.25) is 14.9 Å². The summed E-state index contributed by atoms with van der Waals surface area (Å²) in [7, 11) is 0. The number of hydrogen-bond acceptors (Lipinski definition) is 8. The van der Waals surface area contributed by atoms with Crippen LogP contribution in [-0.4, -0.2) is 22.0 Å². The van der Waals surface area contributed by atoms with Crippen LogP contribution in [0.25, 0.3) is 0 Å². The summed E-state index contributed by atoms with van der Waals surface area (Å²) in [5, 5.41) is 19.7. The molecular weight excluding hydrogens is 742 g/mol. The van der Waals surface area contributed by atoms with E-state index in [1.165, 1.54) is 30.5 Å². The van der Waals surface area contributed by atoms with Crippen molar-refractivity contribution in [3.05, 3.63) is 107 Å². The summed E-state index contributed by atoms with van der Waals surface area (Å²) >= 11 is 6.70. The zero-order valence-electron chi connectivity index (χ0n) is 20.6. The van der Waals surface area contributed by atoms with Gasteiger partial charge in [0.25, 0.3) is 5.69 Å². The molecule has 0 aliphatic carbocycles. The number of nitrogens with zero attached hydrogens (tertiary/aromatic N) is 3. The highest BCUT2D eigenvalue weighted by Gasteiger charge is 2.30. The summed E-state index contributed by atoms with van der Waals surface area (Å²) in [6.45, 7) is 0.133. The number of amides is 1. The second kappa shape index (κ2) is 13.4. The van der Waals surface area contributed by atoms with Crippen LogP contribution in [0, 0.1) is 13.7 Å². The molecule has 1 amide bonds. The number of nitro benzene ring substituents is 1. The van der Waals surface area contributed by atoms with Gasteiger partial charge in [-0.1, -0.05) is 18.2 Å². The van der Waals surface area contributed by atoms with Crippen molar-refractivity contribution in [2.45, 2.75) is 19.2 Å². The molecule has 0 atom stereocenters. The van der Waals surface area contributed by atoms with E-state index in [2.05, 4.69) is 59.3 Å². The maximum Gasteiger partial charge on any atom is 0.416 e. The van der Waals surface area contributed by atoms with Crippen molar-refractivity contribution >= 4 is 78.5 Å². The Kier molecular flexibility index (Phi) is 9.93. The number of benzene rings is 3. The molecule has 15 heteroatoms. The standard InChI is InChI=1S/C26H18BrF3IN5O4S/c27-21-8-16(9-22(31)24(21)40-13-15-3-1-6-20(7-15)36(38)39)12-32-35-23(37)11-19-14-41-25(34-19)33-18-5-2-4-17(10-18)26(28,29)30/h1-10,12,14H,11,13H2,(H,33,34)(H,35,37)/b32-12-. The Balaban J connectivity index is 1.30. The lowest BCUT2D eigenvalue weighted by Gasteiger charge is -2.11. The number of carbonyl (C=O) groups excluding carboxylic acids is 1. The number of nitro groups is 1. The van der Waals surface area contributed by atoms with E-state index in [9.17, 15) is 28.1 Å². The molecule has 0 aliphatic rings.